The topological polar surface area (TPSA) is 56.8 Å². The van der Waals surface area contributed by atoms with E-state index < -0.39 is 6.61 Å². The Morgan fingerprint density at radius 1 is 1.08 bits per heavy atom. The number of benzene rings is 2. The molecule has 2 aromatic carbocycles. The van der Waals surface area contributed by atoms with E-state index in [9.17, 15) is 13.6 Å². The summed E-state index contributed by atoms with van der Waals surface area (Å²) in [7, 11) is 1.59. The van der Waals surface area contributed by atoms with Crippen molar-refractivity contribution in [3.63, 3.8) is 0 Å². The Morgan fingerprint density at radius 2 is 1.85 bits per heavy atom. The van der Waals surface area contributed by atoms with Crippen LogP contribution in [0, 0.1) is 0 Å². The molecule has 140 valence electrons. The fraction of sp³-hybridized carbons (Fsp3) is 0.316. The van der Waals surface area contributed by atoms with Gasteiger partial charge in [-0.2, -0.15) is 8.78 Å². The van der Waals surface area contributed by atoms with Gasteiger partial charge >= 0.3 is 6.61 Å². The van der Waals surface area contributed by atoms with E-state index in [0.717, 1.165) is 5.56 Å². The number of alkyl halides is 2. The summed E-state index contributed by atoms with van der Waals surface area (Å²) in [5, 5.41) is 2.82. The van der Waals surface area contributed by atoms with Gasteiger partial charge in [0.15, 0.2) is 0 Å². The van der Waals surface area contributed by atoms with Crippen molar-refractivity contribution in [1.29, 1.82) is 0 Å². The zero-order valence-electron chi connectivity index (χ0n) is 14.4. The largest absolute Gasteiger partial charge is 0.491 e. The fourth-order valence-corrected chi connectivity index (χ4v) is 2.23. The van der Waals surface area contributed by atoms with Crippen molar-refractivity contribution in [3.8, 4) is 11.5 Å². The minimum absolute atomic E-state index is 0.109. The van der Waals surface area contributed by atoms with Crippen LogP contribution in [0.5, 0.6) is 11.5 Å². The molecule has 5 nitrogen and oxygen atoms in total. The van der Waals surface area contributed by atoms with Gasteiger partial charge in [0.05, 0.1) is 6.61 Å². The molecule has 1 N–H and O–H groups in total. The van der Waals surface area contributed by atoms with Crippen molar-refractivity contribution >= 4 is 5.91 Å². The average molecular weight is 365 g/mol. The number of rotatable bonds is 10. The second kappa shape index (κ2) is 10.4. The van der Waals surface area contributed by atoms with Crippen LogP contribution in [0.2, 0.25) is 0 Å². The van der Waals surface area contributed by atoms with Gasteiger partial charge in [0.25, 0.3) is 5.91 Å². The number of hydrogen-bond acceptors (Lipinski definition) is 4. The normalized spacial score (nSPS) is 10.6. The Labute approximate surface area is 150 Å². The predicted molar refractivity (Wildman–Crippen MR) is 92.9 cm³/mol. The Bertz CT molecular complexity index is 692. The number of ether oxygens (including phenoxy) is 3. The average Bonchev–Trinajstić information content (AvgIpc) is 2.63. The second-order valence-corrected chi connectivity index (χ2v) is 5.40. The summed E-state index contributed by atoms with van der Waals surface area (Å²) < 4.78 is 38.9. The van der Waals surface area contributed by atoms with Gasteiger partial charge < -0.3 is 19.5 Å². The van der Waals surface area contributed by atoms with Crippen LogP contribution in [0.15, 0.2) is 48.5 Å². The molecule has 0 aliphatic rings. The van der Waals surface area contributed by atoms with Crippen molar-refractivity contribution in [2.75, 3.05) is 26.9 Å². The molecule has 2 rings (SSSR count). The van der Waals surface area contributed by atoms with Crippen LogP contribution in [0.3, 0.4) is 0 Å². The first kappa shape index (κ1) is 19.7. The first-order valence-electron chi connectivity index (χ1n) is 8.12. The predicted octanol–water partition coefficient (Wildman–Crippen LogP) is 3.29. The van der Waals surface area contributed by atoms with Crippen molar-refractivity contribution in [1.82, 2.24) is 5.32 Å². The molecule has 0 heterocycles. The molecule has 0 unspecified atom stereocenters. The lowest BCUT2D eigenvalue weighted by atomic mass is 10.1. The first-order chi connectivity index (χ1) is 12.6. The summed E-state index contributed by atoms with van der Waals surface area (Å²) in [6.07, 6.45) is 0.574. The zero-order valence-corrected chi connectivity index (χ0v) is 14.4. The molecule has 0 fully saturated rings. The van der Waals surface area contributed by atoms with Crippen LogP contribution in [-0.2, 0) is 11.2 Å². The van der Waals surface area contributed by atoms with Gasteiger partial charge in [-0.05, 0) is 42.3 Å². The van der Waals surface area contributed by atoms with Crippen molar-refractivity contribution < 1.29 is 27.8 Å². The van der Waals surface area contributed by atoms with E-state index in [-0.39, 0.29) is 11.7 Å². The lowest BCUT2D eigenvalue weighted by Crippen LogP contribution is -2.25. The van der Waals surface area contributed by atoms with E-state index in [1.54, 1.807) is 43.5 Å². The number of hydrogen-bond donors (Lipinski definition) is 1. The number of carbonyl (C=O) groups excluding carboxylic acids is 1. The summed E-state index contributed by atoms with van der Waals surface area (Å²) in [6.45, 7) is -1.54. The number of carbonyl (C=O) groups is 1. The highest BCUT2D eigenvalue weighted by atomic mass is 19.3. The van der Waals surface area contributed by atoms with Crippen LogP contribution in [0.25, 0.3) is 0 Å². The van der Waals surface area contributed by atoms with Gasteiger partial charge in [-0.15, -0.1) is 0 Å². The smallest absolute Gasteiger partial charge is 0.387 e. The fourth-order valence-electron chi connectivity index (χ4n) is 2.23. The second-order valence-electron chi connectivity index (χ2n) is 5.40. The van der Waals surface area contributed by atoms with Gasteiger partial charge in [0.1, 0.15) is 18.1 Å². The molecule has 0 atom stereocenters. The SMILES string of the molecule is COCCOc1cccc(C(=O)NCCc2ccc(OC(F)F)cc2)c1. The lowest BCUT2D eigenvalue weighted by Gasteiger charge is -2.09. The molecule has 0 radical (unpaired) electrons. The van der Waals surface area contributed by atoms with Gasteiger partial charge in [-0.25, -0.2) is 0 Å². The maximum Gasteiger partial charge on any atom is 0.387 e. The lowest BCUT2D eigenvalue weighted by molar-refractivity contribution is -0.0498. The van der Waals surface area contributed by atoms with Crippen LogP contribution in [0.4, 0.5) is 8.78 Å². The van der Waals surface area contributed by atoms with Crippen LogP contribution in [0.1, 0.15) is 15.9 Å². The van der Waals surface area contributed by atoms with Crippen LogP contribution in [-0.4, -0.2) is 39.4 Å². The van der Waals surface area contributed by atoms with Gasteiger partial charge in [-0.3, -0.25) is 4.79 Å². The minimum Gasteiger partial charge on any atom is -0.491 e. The molecule has 0 aliphatic carbocycles. The summed E-state index contributed by atoms with van der Waals surface area (Å²) in [6, 6.07) is 13.2. The Kier molecular flexibility index (Phi) is 7.82. The van der Waals surface area contributed by atoms with E-state index in [0.29, 0.717) is 37.5 Å². The van der Waals surface area contributed by atoms with Crippen molar-refractivity contribution in [3.05, 3.63) is 59.7 Å². The highest BCUT2D eigenvalue weighted by molar-refractivity contribution is 5.94. The maximum atomic E-state index is 12.2. The van der Waals surface area contributed by atoms with E-state index in [2.05, 4.69) is 10.1 Å². The zero-order chi connectivity index (χ0) is 18.8. The summed E-state index contributed by atoms with van der Waals surface area (Å²) >= 11 is 0. The molecule has 0 aromatic heterocycles. The van der Waals surface area contributed by atoms with E-state index in [1.165, 1.54) is 12.1 Å². The molecule has 0 saturated heterocycles. The standard InChI is InChI=1S/C19H21F2NO4/c1-24-11-12-25-17-4-2-3-15(13-17)18(23)22-10-9-14-5-7-16(8-6-14)26-19(20)21/h2-8,13,19H,9-12H2,1H3,(H,22,23). The van der Waals surface area contributed by atoms with E-state index in [1.807, 2.05) is 0 Å². The number of nitrogens with one attached hydrogen (secondary N) is 1. The molecule has 0 saturated carbocycles. The summed E-state index contributed by atoms with van der Waals surface area (Å²) in [5.74, 6) is 0.502. The third-order valence-corrected chi connectivity index (χ3v) is 3.50. The summed E-state index contributed by atoms with van der Waals surface area (Å²) in [5.41, 5.74) is 1.41. The van der Waals surface area contributed by atoms with E-state index >= 15 is 0 Å². The Morgan fingerprint density at radius 3 is 2.54 bits per heavy atom. The van der Waals surface area contributed by atoms with Crippen molar-refractivity contribution in [2.24, 2.45) is 0 Å². The number of amides is 1. The molecule has 7 heteroatoms. The minimum atomic E-state index is -2.84. The first-order valence-corrected chi connectivity index (χ1v) is 8.12. The monoisotopic (exact) mass is 365 g/mol. The molecule has 0 bridgehead atoms. The molecule has 2 aromatic rings. The van der Waals surface area contributed by atoms with Gasteiger partial charge in [0.2, 0.25) is 0 Å². The number of methoxy groups -OCH3 is 1. The molecule has 26 heavy (non-hydrogen) atoms. The highest BCUT2D eigenvalue weighted by Gasteiger charge is 2.07. The third-order valence-electron chi connectivity index (χ3n) is 3.50. The quantitative estimate of drug-likeness (QED) is 0.657. The van der Waals surface area contributed by atoms with Crippen LogP contribution >= 0.6 is 0 Å². The van der Waals surface area contributed by atoms with Crippen molar-refractivity contribution in [2.45, 2.75) is 13.0 Å². The van der Waals surface area contributed by atoms with Gasteiger partial charge in [-0.1, -0.05) is 18.2 Å². The maximum absolute atomic E-state index is 12.2. The third kappa shape index (κ3) is 6.68. The van der Waals surface area contributed by atoms with Gasteiger partial charge in [0, 0.05) is 19.2 Å². The van der Waals surface area contributed by atoms with Crippen LogP contribution < -0.4 is 14.8 Å². The van der Waals surface area contributed by atoms with E-state index in [4.69, 9.17) is 9.47 Å². The molecular formula is C19H21F2NO4. The molecule has 0 spiro atoms. The molecule has 0 aliphatic heterocycles. The molecule has 1 amide bonds. The highest BCUT2D eigenvalue weighted by Crippen LogP contribution is 2.15. The summed E-state index contributed by atoms with van der Waals surface area (Å²) in [4.78, 5) is 12.2. The Balaban J connectivity index is 1.80. The molecular weight excluding hydrogens is 344 g/mol. The number of halogens is 2. The Hall–Kier alpha value is -2.67.